The van der Waals surface area contributed by atoms with Crippen molar-refractivity contribution >= 4 is 0 Å². The largest absolute Gasteiger partial charge is 0.357 e. The van der Waals surface area contributed by atoms with Gasteiger partial charge in [-0.2, -0.15) is 0 Å². The van der Waals surface area contributed by atoms with Crippen LogP contribution in [0.2, 0.25) is 0 Å². The predicted octanol–water partition coefficient (Wildman–Crippen LogP) is 2.75. The van der Waals surface area contributed by atoms with Gasteiger partial charge in [-0.15, -0.1) is 0 Å². The average Bonchev–Trinajstić information content (AvgIpc) is 2.76. The van der Waals surface area contributed by atoms with E-state index < -0.39 is 0 Å². The number of rotatable bonds is 6. The summed E-state index contributed by atoms with van der Waals surface area (Å²) in [6.45, 7) is 2.04. The van der Waals surface area contributed by atoms with E-state index in [1.165, 1.54) is 17.5 Å². The molecule has 1 heterocycles. The van der Waals surface area contributed by atoms with Gasteiger partial charge in [0.1, 0.15) is 0 Å². The summed E-state index contributed by atoms with van der Waals surface area (Å²) in [5, 5.41) is 3.47. The van der Waals surface area contributed by atoms with Crippen LogP contribution in [-0.4, -0.2) is 11.1 Å². The third-order valence-corrected chi connectivity index (χ3v) is 2.88. The summed E-state index contributed by atoms with van der Waals surface area (Å²) in [7, 11) is 2.05. The quantitative estimate of drug-likeness (QED) is 0.752. The highest BCUT2D eigenvalue weighted by Crippen LogP contribution is 2.02. The summed E-state index contributed by atoms with van der Waals surface area (Å²) in [5.74, 6) is 0. The molecule has 0 aliphatic heterocycles. The summed E-state index contributed by atoms with van der Waals surface area (Å²) < 4.78 is 2.08. The van der Waals surface area contributed by atoms with Crippen molar-refractivity contribution in [2.45, 2.75) is 19.4 Å². The molecule has 0 aliphatic rings. The van der Waals surface area contributed by atoms with Crippen LogP contribution in [0.4, 0.5) is 0 Å². The Balaban J connectivity index is 1.61. The zero-order valence-electron chi connectivity index (χ0n) is 10.4. The van der Waals surface area contributed by atoms with Gasteiger partial charge in [0, 0.05) is 26.0 Å². The van der Waals surface area contributed by atoms with Gasteiger partial charge in [0.2, 0.25) is 0 Å². The number of benzene rings is 1. The van der Waals surface area contributed by atoms with E-state index in [2.05, 4.69) is 65.7 Å². The first-order chi connectivity index (χ1) is 8.34. The van der Waals surface area contributed by atoms with Crippen LogP contribution in [0.25, 0.3) is 0 Å². The maximum absolute atomic E-state index is 3.47. The van der Waals surface area contributed by atoms with Gasteiger partial charge in [-0.3, -0.25) is 0 Å². The summed E-state index contributed by atoms with van der Waals surface area (Å²) in [5.41, 5.74) is 2.78. The molecule has 2 rings (SSSR count). The molecule has 0 saturated carbocycles. The van der Waals surface area contributed by atoms with E-state index in [-0.39, 0.29) is 0 Å². The number of hydrogen-bond acceptors (Lipinski definition) is 1. The summed E-state index contributed by atoms with van der Waals surface area (Å²) in [6.07, 6.45) is 6.59. The van der Waals surface area contributed by atoms with E-state index in [0.29, 0.717) is 0 Å². The Morgan fingerprint density at radius 2 is 1.88 bits per heavy atom. The van der Waals surface area contributed by atoms with Crippen LogP contribution in [0.1, 0.15) is 17.5 Å². The normalized spacial score (nSPS) is 10.6. The van der Waals surface area contributed by atoms with Crippen molar-refractivity contribution in [3.05, 3.63) is 59.9 Å². The molecule has 0 fully saturated rings. The van der Waals surface area contributed by atoms with Gasteiger partial charge in [-0.1, -0.05) is 30.3 Å². The van der Waals surface area contributed by atoms with Crippen molar-refractivity contribution in [2.24, 2.45) is 7.05 Å². The maximum Gasteiger partial charge on any atom is 0.0220 e. The predicted molar refractivity (Wildman–Crippen MR) is 71.9 cm³/mol. The zero-order valence-corrected chi connectivity index (χ0v) is 10.4. The van der Waals surface area contributed by atoms with Crippen LogP contribution in [0, 0.1) is 0 Å². The second-order valence-electron chi connectivity index (χ2n) is 4.45. The number of aromatic nitrogens is 1. The highest BCUT2D eigenvalue weighted by atomic mass is 14.9. The van der Waals surface area contributed by atoms with Crippen LogP contribution >= 0.6 is 0 Å². The van der Waals surface area contributed by atoms with E-state index >= 15 is 0 Å². The SMILES string of the molecule is Cn1ccc(CNCCCc2ccccc2)c1. The first-order valence-corrected chi connectivity index (χ1v) is 6.20. The summed E-state index contributed by atoms with van der Waals surface area (Å²) in [6, 6.07) is 12.8. The first kappa shape index (κ1) is 11.9. The molecular weight excluding hydrogens is 208 g/mol. The molecule has 1 aromatic carbocycles. The molecule has 0 amide bonds. The van der Waals surface area contributed by atoms with E-state index in [1.807, 2.05) is 0 Å². The third kappa shape index (κ3) is 4.08. The van der Waals surface area contributed by atoms with Crippen LogP contribution in [0.3, 0.4) is 0 Å². The zero-order chi connectivity index (χ0) is 11.9. The van der Waals surface area contributed by atoms with Gasteiger partial charge < -0.3 is 9.88 Å². The number of hydrogen-bond donors (Lipinski definition) is 1. The van der Waals surface area contributed by atoms with E-state index in [1.54, 1.807) is 0 Å². The molecule has 0 atom stereocenters. The molecule has 90 valence electrons. The lowest BCUT2D eigenvalue weighted by Crippen LogP contribution is -2.14. The Kier molecular flexibility index (Phi) is 4.39. The third-order valence-electron chi connectivity index (χ3n) is 2.88. The minimum atomic E-state index is 0.968. The number of nitrogens with one attached hydrogen (secondary N) is 1. The smallest absolute Gasteiger partial charge is 0.0220 e. The second-order valence-corrected chi connectivity index (χ2v) is 4.45. The lowest BCUT2D eigenvalue weighted by atomic mass is 10.1. The summed E-state index contributed by atoms with van der Waals surface area (Å²) in [4.78, 5) is 0. The molecule has 2 nitrogen and oxygen atoms in total. The summed E-state index contributed by atoms with van der Waals surface area (Å²) >= 11 is 0. The molecule has 1 aromatic heterocycles. The van der Waals surface area contributed by atoms with E-state index in [4.69, 9.17) is 0 Å². The monoisotopic (exact) mass is 228 g/mol. The van der Waals surface area contributed by atoms with Crippen molar-refractivity contribution < 1.29 is 0 Å². The minimum absolute atomic E-state index is 0.968. The standard InChI is InChI=1S/C15H20N2/c1-17-11-9-15(13-17)12-16-10-5-8-14-6-3-2-4-7-14/h2-4,6-7,9,11,13,16H,5,8,10,12H2,1H3. The van der Waals surface area contributed by atoms with Crippen LogP contribution in [0.5, 0.6) is 0 Å². The minimum Gasteiger partial charge on any atom is -0.357 e. The van der Waals surface area contributed by atoms with Crippen molar-refractivity contribution in [3.63, 3.8) is 0 Å². The molecule has 2 aromatic rings. The fourth-order valence-electron chi connectivity index (χ4n) is 1.96. The lowest BCUT2D eigenvalue weighted by Gasteiger charge is -2.03. The molecule has 0 unspecified atom stereocenters. The Morgan fingerprint density at radius 1 is 1.06 bits per heavy atom. The van der Waals surface area contributed by atoms with Crippen LogP contribution in [-0.2, 0) is 20.0 Å². The second kappa shape index (κ2) is 6.26. The van der Waals surface area contributed by atoms with Gasteiger partial charge >= 0.3 is 0 Å². The fourth-order valence-corrected chi connectivity index (χ4v) is 1.96. The molecule has 2 heteroatoms. The van der Waals surface area contributed by atoms with Crippen molar-refractivity contribution in [1.29, 1.82) is 0 Å². The first-order valence-electron chi connectivity index (χ1n) is 6.20. The molecule has 0 spiro atoms. The van der Waals surface area contributed by atoms with Crippen molar-refractivity contribution in [3.8, 4) is 0 Å². The van der Waals surface area contributed by atoms with Gasteiger partial charge in [0.15, 0.2) is 0 Å². The van der Waals surface area contributed by atoms with E-state index in [0.717, 1.165) is 19.5 Å². The molecule has 0 bridgehead atoms. The Morgan fingerprint density at radius 3 is 2.59 bits per heavy atom. The van der Waals surface area contributed by atoms with Crippen LogP contribution < -0.4 is 5.32 Å². The molecule has 17 heavy (non-hydrogen) atoms. The Hall–Kier alpha value is -1.54. The lowest BCUT2D eigenvalue weighted by molar-refractivity contribution is 0.649. The van der Waals surface area contributed by atoms with Crippen LogP contribution in [0.15, 0.2) is 48.8 Å². The number of nitrogens with zero attached hydrogens (tertiary/aromatic N) is 1. The van der Waals surface area contributed by atoms with Gasteiger partial charge in [0.25, 0.3) is 0 Å². The molecular formula is C15H20N2. The molecule has 1 N–H and O–H groups in total. The van der Waals surface area contributed by atoms with E-state index in [9.17, 15) is 0 Å². The highest BCUT2D eigenvalue weighted by molar-refractivity contribution is 5.14. The topological polar surface area (TPSA) is 17.0 Å². The van der Waals surface area contributed by atoms with Crippen molar-refractivity contribution in [1.82, 2.24) is 9.88 Å². The average molecular weight is 228 g/mol. The Bertz CT molecular complexity index is 431. The van der Waals surface area contributed by atoms with Gasteiger partial charge in [-0.25, -0.2) is 0 Å². The van der Waals surface area contributed by atoms with Crippen molar-refractivity contribution in [2.75, 3.05) is 6.54 Å². The van der Waals surface area contributed by atoms with Gasteiger partial charge in [-0.05, 0) is 36.6 Å². The Labute approximate surface area is 103 Å². The highest BCUT2D eigenvalue weighted by Gasteiger charge is 1.95. The molecule has 0 radical (unpaired) electrons. The number of aryl methyl sites for hydroxylation is 2. The molecule has 0 aliphatic carbocycles. The van der Waals surface area contributed by atoms with Gasteiger partial charge in [0.05, 0.1) is 0 Å². The maximum atomic E-state index is 3.47. The fraction of sp³-hybridized carbons (Fsp3) is 0.333. The molecule has 0 saturated heterocycles.